The molecule has 1 aromatic heterocycles. The van der Waals surface area contributed by atoms with Gasteiger partial charge in [0.1, 0.15) is 0 Å². The van der Waals surface area contributed by atoms with Gasteiger partial charge in [0.2, 0.25) is 0 Å². The summed E-state index contributed by atoms with van der Waals surface area (Å²) < 4.78 is 0. The highest BCUT2D eigenvalue weighted by atomic mass is 14.8. The molecule has 0 amide bonds. The SMILES string of the molecule is CC.CC.CNCc1ccncc1. The lowest BCUT2D eigenvalue weighted by Gasteiger charge is -1.95. The predicted octanol–water partition coefficient (Wildman–Crippen LogP) is 2.85. The van der Waals surface area contributed by atoms with Gasteiger partial charge in [-0.05, 0) is 24.7 Å². The molecule has 0 atom stereocenters. The molecule has 0 fully saturated rings. The molecule has 0 unspecified atom stereocenters. The Morgan fingerprint density at radius 2 is 1.54 bits per heavy atom. The largest absolute Gasteiger partial charge is 0.316 e. The van der Waals surface area contributed by atoms with Crippen molar-refractivity contribution in [3.8, 4) is 0 Å². The van der Waals surface area contributed by atoms with Crippen LogP contribution in [0.1, 0.15) is 33.3 Å². The molecule has 2 nitrogen and oxygen atoms in total. The van der Waals surface area contributed by atoms with Crippen LogP contribution in [0.5, 0.6) is 0 Å². The van der Waals surface area contributed by atoms with E-state index in [9.17, 15) is 0 Å². The first kappa shape index (κ1) is 14.6. The van der Waals surface area contributed by atoms with Gasteiger partial charge in [-0.1, -0.05) is 27.7 Å². The Morgan fingerprint density at radius 3 is 1.92 bits per heavy atom. The smallest absolute Gasteiger partial charge is 0.0271 e. The minimum atomic E-state index is 0.919. The van der Waals surface area contributed by atoms with E-state index in [4.69, 9.17) is 0 Å². The number of hydrogen-bond donors (Lipinski definition) is 1. The first-order chi connectivity index (χ1) is 6.43. The summed E-state index contributed by atoms with van der Waals surface area (Å²) in [6, 6.07) is 3.99. The second-order valence-electron chi connectivity index (χ2n) is 1.89. The fourth-order valence-corrected chi connectivity index (χ4v) is 0.705. The van der Waals surface area contributed by atoms with Crippen molar-refractivity contribution in [2.75, 3.05) is 7.05 Å². The van der Waals surface area contributed by atoms with Crippen LogP contribution in [0.4, 0.5) is 0 Å². The minimum absolute atomic E-state index is 0.919. The molecule has 1 rings (SSSR count). The van der Waals surface area contributed by atoms with Crippen LogP contribution < -0.4 is 5.32 Å². The van der Waals surface area contributed by atoms with Gasteiger partial charge in [-0.25, -0.2) is 0 Å². The maximum atomic E-state index is 3.90. The van der Waals surface area contributed by atoms with Gasteiger partial charge in [-0.2, -0.15) is 0 Å². The third-order valence-electron chi connectivity index (χ3n) is 1.13. The van der Waals surface area contributed by atoms with Crippen molar-refractivity contribution in [2.45, 2.75) is 34.2 Å². The monoisotopic (exact) mass is 182 g/mol. The Balaban J connectivity index is 0. The molecule has 1 heterocycles. The van der Waals surface area contributed by atoms with E-state index >= 15 is 0 Å². The summed E-state index contributed by atoms with van der Waals surface area (Å²) in [4.78, 5) is 3.90. The van der Waals surface area contributed by atoms with Crippen LogP contribution in [0.3, 0.4) is 0 Å². The number of rotatable bonds is 2. The summed E-state index contributed by atoms with van der Waals surface area (Å²) in [5.74, 6) is 0. The average molecular weight is 182 g/mol. The van der Waals surface area contributed by atoms with E-state index in [0.717, 1.165) is 6.54 Å². The molecular formula is C11H22N2. The Kier molecular flexibility index (Phi) is 15.4. The fourth-order valence-electron chi connectivity index (χ4n) is 0.705. The molecular weight excluding hydrogens is 160 g/mol. The third kappa shape index (κ3) is 9.02. The van der Waals surface area contributed by atoms with Gasteiger partial charge in [-0.3, -0.25) is 4.98 Å². The molecule has 0 bridgehead atoms. The highest BCUT2D eigenvalue weighted by Crippen LogP contribution is 1.92. The Bertz CT molecular complexity index is 161. The van der Waals surface area contributed by atoms with Crippen LogP contribution in [0.25, 0.3) is 0 Å². The van der Waals surface area contributed by atoms with E-state index in [0.29, 0.717) is 0 Å². The summed E-state index contributed by atoms with van der Waals surface area (Å²) in [6.07, 6.45) is 3.60. The van der Waals surface area contributed by atoms with Crippen molar-refractivity contribution in [1.29, 1.82) is 0 Å². The number of pyridine rings is 1. The van der Waals surface area contributed by atoms with Gasteiger partial charge in [-0.15, -0.1) is 0 Å². The second-order valence-corrected chi connectivity index (χ2v) is 1.89. The van der Waals surface area contributed by atoms with Crippen molar-refractivity contribution in [1.82, 2.24) is 10.3 Å². The Morgan fingerprint density at radius 1 is 1.08 bits per heavy atom. The van der Waals surface area contributed by atoms with E-state index < -0.39 is 0 Å². The van der Waals surface area contributed by atoms with Gasteiger partial charge in [0.15, 0.2) is 0 Å². The van der Waals surface area contributed by atoms with E-state index in [1.807, 2.05) is 46.9 Å². The van der Waals surface area contributed by atoms with Gasteiger partial charge in [0.25, 0.3) is 0 Å². The second kappa shape index (κ2) is 13.7. The molecule has 76 valence electrons. The molecule has 0 aliphatic carbocycles. The summed E-state index contributed by atoms with van der Waals surface area (Å²) in [5.41, 5.74) is 1.27. The third-order valence-corrected chi connectivity index (χ3v) is 1.13. The maximum Gasteiger partial charge on any atom is 0.0271 e. The fraction of sp³-hybridized carbons (Fsp3) is 0.545. The first-order valence-corrected chi connectivity index (χ1v) is 4.97. The molecule has 0 aromatic carbocycles. The van der Waals surface area contributed by atoms with Crippen LogP contribution in [0.15, 0.2) is 24.5 Å². The molecule has 0 spiro atoms. The van der Waals surface area contributed by atoms with Crippen molar-refractivity contribution in [3.63, 3.8) is 0 Å². The zero-order valence-electron chi connectivity index (χ0n) is 9.46. The van der Waals surface area contributed by atoms with Crippen LogP contribution in [-0.2, 0) is 6.54 Å². The van der Waals surface area contributed by atoms with Gasteiger partial charge in [0, 0.05) is 18.9 Å². The lowest BCUT2D eigenvalue weighted by Crippen LogP contribution is -2.04. The first-order valence-electron chi connectivity index (χ1n) is 4.97. The lowest BCUT2D eigenvalue weighted by molar-refractivity contribution is 0.816. The van der Waals surface area contributed by atoms with E-state index in [2.05, 4.69) is 10.3 Å². The van der Waals surface area contributed by atoms with Crippen molar-refractivity contribution < 1.29 is 0 Å². The summed E-state index contributed by atoms with van der Waals surface area (Å²) >= 11 is 0. The standard InChI is InChI=1S/C7H10N2.2C2H6/c1-8-6-7-2-4-9-5-3-7;2*1-2/h2-5,8H,6H2,1H3;2*1-2H3. The van der Waals surface area contributed by atoms with Crippen LogP contribution >= 0.6 is 0 Å². The highest BCUT2D eigenvalue weighted by molar-refractivity contribution is 5.08. The zero-order valence-corrected chi connectivity index (χ0v) is 9.46. The molecule has 2 heteroatoms. The summed E-state index contributed by atoms with van der Waals surface area (Å²) in [5, 5.41) is 3.06. The van der Waals surface area contributed by atoms with Gasteiger partial charge in [0.05, 0.1) is 0 Å². The highest BCUT2D eigenvalue weighted by Gasteiger charge is 1.84. The summed E-state index contributed by atoms with van der Waals surface area (Å²) in [7, 11) is 1.93. The topological polar surface area (TPSA) is 24.9 Å². The van der Waals surface area contributed by atoms with E-state index in [-0.39, 0.29) is 0 Å². The van der Waals surface area contributed by atoms with Gasteiger partial charge >= 0.3 is 0 Å². The quantitative estimate of drug-likeness (QED) is 0.760. The number of nitrogens with zero attached hydrogens (tertiary/aromatic N) is 1. The molecule has 0 saturated heterocycles. The Hall–Kier alpha value is -0.890. The van der Waals surface area contributed by atoms with Crippen LogP contribution in [-0.4, -0.2) is 12.0 Å². The summed E-state index contributed by atoms with van der Waals surface area (Å²) in [6.45, 7) is 8.92. The van der Waals surface area contributed by atoms with Crippen LogP contribution in [0, 0.1) is 0 Å². The normalized spacial score (nSPS) is 7.46. The maximum absolute atomic E-state index is 3.90. The lowest BCUT2D eigenvalue weighted by atomic mass is 10.3. The number of hydrogen-bond acceptors (Lipinski definition) is 2. The molecule has 0 aliphatic heterocycles. The molecule has 0 saturated carbocycles. The molecule has 13 heavy (non-hydrogen) atoms. The number of aromatic nitrogens is 1. The molecule has 0 aliphatic rings. The van der Waals surface area contributed by atoms with Crippen molar-refractivity contribution in [3.05, 3.63) is 30.1 Å². The Labute approximate surface area is 82.4 Å². The predicted molar refractivity (Wildman–Crippen MR) is 59.7 cm³/mol. The molecule has 1 aromatic rings. The minimum Gasteiger partial charge on any atom is -0.316 e. The number of nitrogens with one attached hydrogen (secondary N) is 1. The van der Waals surface area contributed by atoms with Gasteiger partial charge < -0.3 is 5.32 Å². The molecule has 0 radical (unpaired) electrons. The van der Waals surface area contributed by atoms with Crippen LogP contribution in [0.2, 0.25) is 0 Å². The van der Waals surface area contributed by atoms with E-state index in [1.165, 1.54) is 5.56 Å². The average Bonchev–Trinajstić information content (AvgIpc) is 2.26. The van der Waals surface area contributed by atoms with Crippen molar-refractivity contribution in [2.24, 2.45) is 0 Å². The van der Waals surface area contributed by atoms with Crippen molar-refractivity contribution >= 4 is 0 Å². The molecule has 1 N–H and O–H groups in total. The van der Waals surface area contributed by atoms with E-state index in [1.54, 1.807) is 12.4 Å². The zero-order chi connectivity index (χ0) is 10.5.